The van der Waals surface area contributed by atoms with Crippen LogP contribution in [0.5, 0.6) is 11.5 Å². The zero-order valence-electron chi connectivity index (χ0n) is 14.2. The molecule has 0 amide bonds. The van der Waals surface area contributed by atoms with Gasteiger partial charge in [0.15, 0.2) is 0 Å². The van der Waals surface area contributed by atoms with Crippen LogP contribution in [-0.2, 0) is 0 Å². The quantitative estimate of drug-likeness (QED) is 0.822. The van der Waals surface area contributed by atoms with Gasteiger partial charge in [-0.05, 0) is 25.5 Å². The van der Waals surface area contributed by atoms with Gasteiger partial charge in [-0.25, -0.2) is 0 Å². The van der Waals surface area contributed by atoms with Gasteiger partial charge in [-0.1, -0.05) is 35.9 Å². The minimum atomic E-state index is -0.540. The fraction of sp³-hybridized carbons (Fsp3) is 0.368. The van der Waals surface area contributed by atoms with E-state index >= 15 is 0 Å². The molecule has 2 rings (SSSR count). The highest BCUT2D eigenvalue weighted by molar-refractivity contribution is 5.42. The Hall–Kier alpha value is -2.04. The molecule has 0 heterocycles. The monoisotopic (exact) mass is 315 g/mol. The normalized spacial score (nSPS) is 13.4. The van der Waals surface area contributed by atoms with E-state index < -0.39 is 6.10 Å². The van der Waals surface area contributed by atoms with Gasteiger partial charge in [0.1, 0.15) is 11.5 Å². The fourth-order valence-corrected chi connectivity index (χ4v) is 2.57. The smallest absolute Gasteiger partial charge is 0.127 e. The Kier molecular flexibility index (Phi) is 6.02. The molecule has 0 aliphatic carbocycles. The molecule has 0 aromatic heterocycles. The molecule has 2 aromatic carbocycles. The third kappa shape index (κ3) is 4.47. The molecule has 0 aliphatic heterocycles. The minimum absolute atomic E-state index is 0.0512. The first kappa shape index (κ1) is 17.3. The van der Waals surface area contributed by atoms with Crippen LogP contribution in [0.4, 0.5) is 0 Å². The predicted molar refractivity (Wildman–Crippen MR) is 92.1 cm³/mol. The van der Waals surface area contributed by atoms with Crippen molar-refractivity contribution in [2.75, 3.05) is 20.8 Å². The molecule has 2 atom stereocenters. The number of aliphatic hydroxyl groups is 1. The molecule has 2 N–H and O–H groups in total. The molecule has 2 aromatic rings. The highest BCUT2D eigenvalue weighted by atomic mass is 16.5. The van der Waals surface area contributed by atoms with E-state index in [1.54, 1.807) is 14.2 Å². The Bertz CT molecular complexity index is 642. The van der Waals surface area contributed by atoms with E-state index in [4.69, 9.17) is 9.47 Å². The van der Waals surface area contributed by atoms with Crippen LogP contribution in [0.3, 0.4) is 0 Å². The number of aliphatic hydroxyl groups excluding tert-OH is 1. The fourth-order valence-electron chi connectivity index (χ4n) is 2.57. The summed E-state index contributed by atoms with van der Waals surface area (Å²) in [7, 11) is 3.28. The molecular weight excluding hydrogens is 290 g/mol. The summed E-state index contributed by atoms with van der Waals surface area (Å²) in [6.45, 7) is 4.54. The molecule has 0 saturated heterocycles. The Morgan fingerprint density at radius 1 is 1.09 bits per heavy atom. The second-order valence-corrected chi connectivity index (χ2v) is 5.67. The van der Waals surface area contributed by atoms with E-state index in [2.05, 4.69) is 5.32 Å². The lowest BCUT2D eigenvalue weighted by molar-refractivity contribution is 0.170. The van der Waals surface area contributed by atoms with Crippen LogP contribution in [-0.4, -0.2) is 25.9 Å². The average Bonchev–Trinajstić information content (AvgIpc) is 2.58. The number of rotatable bonds is 7. The lowest BCUT2D eigenvalue weighted by atomic mass is 10.0. The number of ether oxygens (including phenoxy) is 2. The topological polar surface area (TPSA) is 50.7 Å². The highest BCUT2D eigenvalue weighted by Gasteiger charge is 2.14. The summed E-state index contributed by atoms with van der Waals surface area (Å²) in [6, 6.07) is 13.7. The first-order valence-corrected chi connectivity index (χ1v) is 7.75. The van der Waals surface area contributed by atoms with Gasteiger partial charge in [-0.2, -0.15) is 0 Å². The minimum Gasteiger partial charge on any atom is -0.497 e. The van der Waals surface area contributed by atoms with E-state index in [1.165, 1.54) is 0 Å². The zero-order chi connectivity index (χ0) is 16.8. The van der Waals surface area contributed by atoms with Crippen LogP contribution in [0.2, 0.25) is 0 Å². The van der Waals surface area contributed by atoms with Crippen molar-refractivity contribution in [3.63, 3.8) is 0 Å². The Morgan fingerprint density at radius 2 is 1.87 bits per heavy atom. The summed E-state index contributed by atoms with van der Waals surface area (Å²) >= 11 is 0. The molecule has 0 bridgehead atoms. The molecule has 4 nitrogen and oxygen atoms in total. The first-order chi connectivity index (χ1) is 11.0. The van der Waals surface area contributed by atoms with Crippen molar-refractivity contribution >= 4 is 0 Å². The van der Waals surface area contributed by atoms with Crippen LogP contribution >= 0.6 is 0 Å². The molecule has 0 fully saturated rings. The maximum Gasteiger partial charge on any atom is 0.127 e. The molecule has 0 aliphatic rings. The zero-order valence-corrected chi connectivity index (χ0v) is 14.2. The van der Waals surface area contributed by atoms with Gasteiger partial charge in [0, 0.05) is 24.2 Å². The number of aryl methyl sites for hydroxylation is 1. The van der Waals surface area contributed by atoms with Crippen LogP contribution in [0.15, 0.2) is 42.5 Å². The largest absolute Gasteiger partial charge is 0.497 e. The van der Waals surface area contributed by atoms with Gasteiger partial charge in [0.05, 0.1) is 20.3 Å². The Balaban J connectivity index is 2.03. The molecule has 23 heavy (non-hydrogen) atoms. The van der Waals surface area contributed by atoms with Crippen LogP contribution in [0, 0.1) is 6.92 Å². The third-order valence-electron chi connectivity index (χ3n) is 3.95. The summed E-state index contributed by atoms with van der Waals surface area (Å²) in [5.74, 6) is 1.53. The number of methoxy groups -OCH3 is 2. The summed E-state index contributed by atoms with van der Waals surface area (Å²) in [5, 5.41) is 13.7. The Morgan fingerprint density at radius 3 is 2.52 bits per heavy atom. The molecule has 0 saturated carbocycles. The number of hydrogen-bond acceptors (Lipinski definition) is 4. The van der Waals surface area contributed by atoms with E-state index in [1.807, 2.05) is 56.3 Å². The van der Waals surface area contributed by atoms with Crippen molar-refractivity contribution in [1.82, 2.24) is 5.32 Å². The van der Waals surface area contributed by atoms with Gasteiger partial charge in [-0.3, -0.25) is 0 Å². The summed E-state index contributed by atoms with van der Waals surface area (Å²) in [4.78, 5) is 0. The molecule has 2 unspecified atom stereocenters. The van der Waals surface area contributed by atoms with Crippen molar-refractivity contribution in [3.05, 3.63) is 59.2 Å². The predicted octanol–water partition coefficient (Wildman–Crippen LogP) is 3.40. The second kappa shape index (κ2) is 7.99. The molecule has 0 radical (unpaired) electrons. The van der Waals surface area contributed by atoms with Crippen molar-refractivity contribution in [3.8, 4) is 11.5 Å². The third-order valence-corrected chi connectivity index (χ3v) is 3.95. The molecule has 0 spiro atoms. The second-order valence-electron chi connectivity index (χ2n) is 5.67. The maximum atomic E-state index is 10.3. The lowest BCUT2D eigenvalue weighted by Gasteiger charge is -2.20. The van der Waals surface area contributed by atoms with Crippen LogP contribution < -0.4 is 14.8 Å². The van der Waals surface area contributed by atoms with E-state index in [0.29, 0.717) is 6.54 Å². The standard InChI is InChI=1S/C19H25NO3/c1-13-6-5-7-15(10-13)18(21)12-20-14(2)17-9-8-16(22-3)11-19(17)23-4/h5-11,14,18,20-21H,12H2,1-4H3. The first-order valence-electron chi connectivity index (χ1n) is 7.75. The molecule has 4 heteroatoms. The van der Waals surface area contributed by atoms with Gasteiger partial charge < -0.3 is 19.9 Å². The Labute approximate surface area is 138 Å². The van der Waals surface area contributed by atoms with Crippen molar-refractivity contribution in [1.29, 1.82) is 0 Å². The van der Waals surface area contributed by atoms with Gasteiger partial charge in [-0.15, -0.1) is 0 Å². The van der Waals surface area contributed by atoms with Gasteiger partial charge in [0.25, 0.3) is 0 Å². The van der Waals surface area contributed by atoms with Gasteiger partial charge >= 0.3 is 0 Å². The lowest BCUT2D eigenvalue weighted by Crippen LogP contribution is -2.25. The van der Waals surface area contributed by atoms with E-state index in [9.17, 15) is 5.11 Å². The number of nitrogens with one attached hydrogen (secondary N) is 1. The highest BCUT2D eigenvalue weighted by Crippen LogP contribution is 2.29. The van der Waals surface area contributed by atoms with Gasteiger partial charge in [0.2, 0.25) is 0 Å². The van der Waals surface area contributed by atoms with Crippen molar-refractivity contribution in [2.45, 2.75) is 26.0 Å². The maximum absolute atomic E-state index is 10.3. The average molecular weight is 315 g/mol. The molecule has 124 valence electrons. The summed E-state index contributed by atoms with van der Waals surface area (Å²) in [5.41, 5.74) is 3.10. The van der Waals surface area contributed by atoms with Crippen LogP contribution in [0.1, 0.15) is 35.8 Å². The van der Waals surface area contributed by atoms with Crippen LogP contribution in [0.25, 0.3) is 0 Å². The molecular formula is C19H25NO3. The van der Waals surface area contributed by atoms with Crippen molar-refractivity contribution in [2.24, 2.45) is 0 Å². The summed E-state index contributed by atoms with van der Waals surface area (Å²) < 4.78 is 10.7. The SMILES string of the molecule is COc1ccc(C(C)NCC(O)c2cccc(C)c2)c(OC)c1. The number of benzene rings is 2. The van der Waals surface area contributed by atoms with E-state index in [0.717, 1.165) is 28.2 Å². The summed E-state index contributed by atoms with van der Waals surface area (Å²) in [6.07, 6.45) is -0.540. The number of hydrogen-bond donors (Lipinski definition) is 2. The van der Waals surface area contributed by atoms with E-state index in [-0.39, 0.29) is 6.04 Å². The van der Waals surface area contributed by atoms with Crippen molar-refractivity contribution < 1.29 is 14.6 Å².